The first kappa shape index (κ1) is 10.9. The van der Waals surface area contributed by atoms with Crippen LogP contribution in [-0.2, 0) is 12.8 Å². The predicted molar refractivity (Wildman–Crippen MR) is 71.2 cm³/mol. The quantitative estimate of drug-likeness (QED) is 0.698. The van der Waals surface area contributed by atoms with Gasteiger partial charge in [0.05, 0.1) is 6.57 Å². The SMILES string of the molecule is [C-]#[N+]c1ccc(Oc2ccc3c(c2)CCC3)cc1. The minimum atomic E-state index is 0.635. The van der Waals surface area contributed by atoms with Crippen molar-refractivity contribution in [3.63, 3.8) is 0 Å². The van der Waals surface area contributed by atoms with Gasteiger partial charge < -0.3 is 4.74 Å². The molecule has 0 heterocycles. The zero-order valence-electron chi connectivity index (χ0n) is 10.0. The van der Waals surface area contributed by atoms with Crippen LogP contribution in [0.3, 0.4) is 0 Å². The monoisotopic (exact) mass is 235 g/mol. The van der Waals surface area contributed by atoms with Crippen molar-refractivity contribution in [3.8, 4) is 11.5 Å². The van der Waals surface area contributed by atoms with Gasteiger partial charge in [-0.15, -0.1) is 0 Å². The van der Waals surface area contributed by atoms with Crippen LogP contribution < -0.4 is 4.74 Å². The van der Waals surface area contributed by atoms with Crippen molar-refractivity contribution in [1.29, 1.82) is 0 Å². The van der Waals surface area contributed by atoms with Gasteiger partial charge in [0.15, 0.2) is 5.69 Å². The molecule has 0 unspecified atom stereocenters. The molecule has 0 amide bonds. The third-order valence-corrected chi connectivity index (χ3v) is 3.27. The predicted octanol–water partition coefficient (Wildman–Crippen LogP) is 4.52. The molecule has 18 heavy (non-hydrogen) atoms. The molecule has 0 spiro atoms. The van der Waals surface area contributed by atoms with Gasteiger partial charge >= 0.3 is 0 Å². The summed E-state index contributed by atoms with van der Waals surface area (Å²) in [5, 5.41) is 0. The minimum Gasteiger partial charge on any atom is -0.457 e. The molecular weight excluding hydrogens is 222 g/mol. The summed E-state index contributed by atoms with van der Waals surface area (Å²) in [4.78, 5) is 3.36. The fourth-order valence-electron chi connectivity index (χ4n) is 2.34. The summed E-state index contributed by atoms with van der Waals surface area (Å²) in [6, 6.07) is 13.5. The van der Waals surface area contributed by atoms with Crippen LogP contribution in [0.5, 0.6) is 11.5 Å². The van der Waals surface area contributed by atoms with E-state index in [9.17, 15) is 0 Å². The standard InChI is InChI=1S/C16H13NO/c1-17-14-6-9-15(10-7-14)18-16-8-5-12-3-2-4-13(12)11-16/h5-11H,2-4H2. The van der Waals surface area contributed by atoms with Crippen LogP contribution in [0.4, 0.5) is 5.69 Å². The van der Waals surface area contributed by atoms with Crippen LogP contribution in [-0.4, -0.2) is 0 Å². The molecule has 2 nitrogen and oxygen atoms in total. The van der Waals surface area contributed by atoms with E-state index in [1.807, 2.05) is 18.2 Å². The molecule has 0 bridgehead atoms. The highest BCUT2D eigenvalue weighted by molar-refractivity contribution is 5.48. The molecule has 2 aromatic carbocycles. The van der Waals surface area contributed by atoms with Gasteiger partial charge in [0.2, 0.25) is 0 Å². The molecule has 2 heteroatoms. The van der Waals surface area contributed by atoms with E-state index in [0.717, 1.165) is 17.9 Å². The third kappa shape index (κ3) is 2.08. The molecule has 3 rings (SSSR count). The van der Waals surface area contributed by atoms with Gasteiger partial charge in [0.25, 0.3) is 0 Å². The fraction of sp³-hybridized carbons (Fsp3) is 0.188. The summed E-state index contributed by atoms with van der Waals surface area (Å²) in [7, 11) is 0. The van der Waals surface area contributed by atoms with E-state index in [1.165, 1.54) is 24.0 Å². The van der Waals surface area contributed by atoms with Crippen LogP contribution >= 0.6 is 0 Å². The molecule has 1 aliphatic rings. The lowest BCUT2D eigenvalue weighted by Gasteiger charge is -2.07. The summed E-state index contributed by atoms with van der Waals surface area (Å²) < 4.78 is 5.80. The van der Waals surface area contributed by atoms with Gasteiger partial charge in [-0.3, -0.25) is 0 Å². The van der Waals surface area contributed by atoms with E-state index in [0.29, 0.717) is 5.69 Å². The van der Waals surface area contributed by atoms with E-state index < -0.39 is 0 Å². The second-order valence-electron chi connectivity index (χ2n) is 4.49. The minimum absolute atomic E-state index is 0.635. The van der Waals surface area contributed by atoms with Gasteiger partial charge in [0, 0.05) is 0 Å². The zero-order valence-corrected chi connectivity index (χ0v) is 10.0. The van der Waals surface area contributed by atoms with Crippen molar-refractivity contribution in [1.82, 2.24) is 0 Å². The Morgan fingerprint density at radius 3 is 2.39 bits per heavy atom. The van der Waals surface area contributed by atoms with Crippen LogP contribution in [0, 0.1) is 6.57 Å². The Morgan fingerprint density at radius 1 is 0.889 bits per heavy atom. The van der Waals surface area contributed by atoms with Gasteiger partial charge in [-0.1, -0.05) is 18.2 Å². The highest BCUT2D eigenvalue weighted by Crippen LogP contribution is 2.29. The maximum absolute atomic E-state index is 6.90. The van der Waals surface area contributed by atoms with Crippen molar-refractivity contribution in [3.05, 3.63) is 65.0 Å². The van der Waals surface area contributed by atoms with Crippen LogP contribution in [0.25, 0.3) is 4.85 Å². The Hall–Kier alpha value is -2.27. The molecule has 0 aliphatic heterocycles. The van der Waals surface area contributed by atoms with E-state index in [2.05, 4.69) is 17.0 Å². The molecule has 0 fully saturated rings. The maximum atomic E-state index is 6.90. The Labute approximate surface area is 107 Å². The fourth-order valence-corrected chi connectivity index (χ4v) is 2.34. The third-order valence-electron chi connectivity index (χ3n) is 3.27. The molecule has 88 valence electrons. The number of hydrogen-bond donors (Lipinski definition) is 0. The average molecular weight is 235 g/mol. The van der Waals surface area contributed by atoms with Gasteiger partial charge in [-0.2, -0.15) is 0 Å². The number of nitrogens with zero attached hydrogens (tertiary/aromatic N) is 1. The summed E-state index contributed by atoms with van der Waals surface area (Å²) in [6.45, 7) is 6.90. The number of fused-ring (bicyclic) bond motifs is 1. The smallest absolute Gasteiger partial charge is 0.187 e. The second kappa shape index (κ2) is 4.54. The highest BCUT2D eigenvalue weighted by atomic mass is 16.5. The first-order chi connectivity index (χ1) is 8.85. The van der Waals surface area contributed by atoms with Crippen molar-refractivity contribution >= 4 is 5.69 Å². The van der Waals surface area contributed by atoms with Gasteiger partial charge in [-0.05, 0) is 54.7 Å². The number of aryl methyl sites for hydroxylation is 2. The average Bonchev–Trinajstić information content (AvgIpc) is 2.87. The van der Waals surface area contributed by atoms with Crippen LogP contribution in [0.2, 0.25) is 0 Å². The summed E-state index contributed by atoms with van der Waals surface area (Å²) in [5.74, 6) is 1.66. The second-order valence-corrected chi connectivity index (χ2v) is 4.49. The summed E-state index contributed by atoms with van der Waals surface area (Å²) in [6.07, 6.45) is 3.59. The number of benzene rings is 2. The van der Waals surface area contributed by atoms with E-state index in [4.69, 9.17) is 11.3 Å². The molecule has 2 aromatic rings. The molecule has 0 saturated heterocycles. The normalized spacial score (nSPS) is 12.8. The van der Waals surface area contributed by atoms with Crippen molar-refractivity contribution in [2.45, 2.75) is 19.3 Å². The van der Waals surface area contributed by atoms with Crippen molar-refractivity contribution < 1.29 is 4.74 Å². The van der Waals surface area contributed by atoms with Crippen molar-refractivity contribution in [2.24, 2.45) is 0 Å². The number of hydrogen-bond acceptors (Lipinski definition) is 1. The van der Waals surface area contributed by atoms with Crippen molar-refractivity contribution in [2.75, 3.05) is 0 Å². The van der Waals surface area contributed by atoms with E-state index >= 15 is 0 Å². The number of ether oxygens (including phenoxy) is 1. The Balaban J connectivity index is 1.81. The van der Waals surface area contributed by atoms with Gasteiger partial charge in [-0.25, -0.2) is 4.85 Å². The highest BCUT2D eigenvalue weighted by Gasteiger charge is 2.11. The maximum Gasteiger partial charge on any atom is 0.187 e. The summed E-state index contributed by atoms with van der Waals surface area (Å²) >= 11 is 0. The van der Waals surface area contributed by atoms with E-state index in [1.54, 1.807) is 12.1 Å². The molecule has 0 radical (unpaired) electrons. The van der Waals surface area contributed by atoms with Crippen LogP contribution in [0.1, 0.15) is 17.5 Å². The molecular formula is C16H13NO. The van der Waals surface area contributed by atoms with Crippen LogP contribution in [0.15, 0.2) is 42.5 Å². The first-order valence-corrected chi connectivity index (χ1v) is 6.12. The lowest BCUT2D eigenvalue weighted by molar-refractivity contribution is 0.482. The molecule has 0 N–H and O–H groups in total. The number of rotatable bonds is 2. The largest absolute Gasteiger partial charge is 0.457 e. The lowest BCUT2D eigenvalue weighted by atomic mass is 10.1. The van der Waals surface area contributed by atoms with E-state index in [-0.39, 0.29) is 0 Å². The molecule has 0 saturated carbocycles. The van der Waals surface area contributed by atoms with Gasteiger partial charge in [0.1, 0.15) is 11.5 Å². The first-order valence-electron chi connectivity index (χ1n) is 6.12. The lowest BCUT2D eigenvalue weighted by Crippen LogP contribution is -1.87. The Morgan fingerprint density at radius 2 is 1.61 bits per heavy atom. The summed E-state index contributed by atoms with van der Waals surface area (Å²) in [5.41, 5.74) is 3.49. The molecule has 0 aromatic heterocycles. The zero-order chi connectivity index (χ0) is 12.4. The Kier molecular flexibility index (Phi) is 2.74. The molecule has 1 aliphatic carbocycles. The topological polar surface area (TPSA) is 13.6 Å². The molecule has 0 atom stereocenters. The Bertz CT molecular complexity index is 608.